The first kappa shape index (κ1) is 16.7. The van der Waals surface area contributed by atoms with Crippen LogP contribution < -0.4 is 5.32 Å². The highest BCUT2D eigenvalue weighted by atomic mass is 16.5. The van der Waals surface area contributed by atoms with E-state index in [1.807, 2.05) is 0 Å². The number of hydrogen-bond donors (Lipinski definition) is 1. The predicted molar refractivity (Wildman–Crippen MR) is 82.2 cm³/mol. The van der Waals surface area contributed by atoms with Crippen molar-refractivity contribution < 1.29 is 14.3 Å². The van der Waals surface area contributed by atoms with Gasteiger partial charge in [0, 0.05) is 25.7 Å². The van der Waals surface area contributed by atoms with Crippen molar-refractivity contribution >= 4 is 5.97 Å². The Kier molecular flexibility index (Phi) is 5.63. The molecule has 0 aliphatic heterocycles. The molecule has 2 aliphatic carbocycles. The molecule has 0 radical (unpaired) electrons. The Labute approximate surface area is 128 Å². The molecule has 2 atom stereocenters. The van der Waals surface area contributed by atoms with Crippen LogP contribution in [0.5, 0.6) is 0 Å². The summed E-state index contributed by atoms with van der Waals surface area (Å²) in [4.78, 5) is 14.9. The van der Waals surface area contributed by atoms with E-state index in [4.69, 9.17) is 9.47 Å². The third kappa shape index (κ3) is 3.96. The van der Waals surface area contributed by atoms with Crippen molar-refractivity contribution in [3.05, 3.63) is 0 Å². The van der Waals surface area contributed by atoms with Gasteiger partial charge in [-0.15, -0.1) is 0 Å². The van der Waals surface area contributed by atoms with Gasteiger partial charge in [0.2, 0.25) is 0 Å². The molecule has 0 aromatic heterocycles. The van der Waals surface area contributed by atoms with Crippen molar-refractivity contribution in [2.24, 2.45) is 5.92 Å². The van der Waals surface area contributed by atoms with Gasteiger partial charge in [-0.2, -0.15) is 0 Å². The number of carbonyl (C=O) groups is 1. The van der Waals surface area contributed by atoms with Crippen LogP contribution in [0, 0.1) is 5.92 Å². The Hall–Kier alpha value is -0.650. The third-order valence-electron chi connectivity index (χ3n) is 4.75. The molecule has 122 valence electrons. The molecule has 0 aromatic carbocycles. The molecule has 0 aromatic rings. The molecule has 0 bridgehead atoms. The van der Waals surface area contributed by atoms with Gasteiger partial charge < -0.3 is 9.47 Å². The number of methoxy groups -OCH3 is 2. The predicted octanol–water partition coefficient (Wildman–Crippen LogP) is 1.42. The van der Waals surface area contributed by atoms with Gasteiger partial charge in [-0.05, 0) is 45.1 Å². The average Bonchev–Trinajstić information content (AvgIpc) is 3.35. The van der Waals surface area contributed by atoms with Crippen LogP contribution in [0.15, 0.2) is 0 Å². The number of ether oxygens (including phenoxy) is 2. The lowest BCUT2D eigenvalue weighted by Crippen LogP contribution is -2.63. The zero-order valence-electron chi connectivity index (χ0n) is 13.9. The monoisotopic (exact) mass is 298 g/mol. The van der Waals surface area contributed by atoms with Gasteiger partial charge in [0.25, 0.3) is 0 Å². The van der Waals surface area contributed by atoms with Crippen LogP contribution in [0.1, 0.15) is 39.5 Å². The number of carbonyl (C=O) groups excluding carboxylic acids is 1. The summed E-state index contributed by atoms with van der Waals surface area (Å²) in [5.74, 6) is 0.314. The van der Waals surface area contributed by atoms with Gasteiger partial charge in [-0.3, -0.25) is 10.2 Å². The number of likely N-dealkylation sites (N-methyl/N-ethyl adjacent to an activating group) is 1. The van der Waals surface area contributed by atoms with Crippen molar-refractivity contribution in [1.82, 2.24) is 10.2 Å². The molecule has 1 N–H and O–H groups in total. The van der Waals surface area contributed by atoms with Crippen LogP contribution in [0.2, 0.25) is 0 Å². The summed E-state index contributed by atoms with van der Waals surface area (Å²) >= 11 is 0. The van der Waals surface area contributed by atoms with Crippen molar-refractivity contribution in [1.29, 1.82) is 0 Å². The SMILES string of the molecule is CCN(CC(NC1CC1)(C(=O)OC)C1CC1)C(C)COC. The maximum Gasteiger partial charge on any atom is 0.327 e. The van der Waals surface area contributed by atoms with Gasteiger partial charge in [0.05, 0.1) is 13.7 Å². The van der Waals surface area contributed by atoms with Gasteiger partial charge >= 0.3 is 5.97 Å². The summed E-state index contributed by atoms with van der Waals surface area (Å²) in [7, 11) is 3.23. The quantitative estimate of drug-likeness (QED) is 0.618. The Morgan fingerprint density at radius 1 is 1.33 bits per heavy atom. The van der Waals surface area contributed by atoms with E-state index in [1.54, 1.807) is 7.11 Å². The average molecular weight is 298 g/mol. The van der Waals surface area contributed by atoms with Crippen LogP contribution in [-0.4, -0.2) is 62.4 Å². The smallest absolute Gasteiger partial charge is 0.327 e. The molecule has 2 fully saturated rings. The second kappa shape index (κ2) is 7.07. The molecule has 2 aliphatic rings. The Balaban J connectivity index is 2.14. The first-order chi connectivity index (χ1) is 10.1. The molecule has 2 saturated carbocycles. The standard InChI is InChI=1S/C16H30N2O3/c1-5-18(12(2)10-20-3)11-16(13-6-7-13,15(19)21-4)17-14-8-9-14/h12-14,17H,5-11H2,1-4H3. The number of rotatable bonds is 10. The van der Waals surface area contributed by atoms with E-state index in [0.717, 1.165) is 19.4 Å². The fourth-order valence-corrected chi connectivity index (χ4v) is 3.18. The second-order valence-electron chi connectivity index (χ2n) is 6.52. The van der Waals surface area contributed by atoms with E-state index in [0.29, 0.717) is 31.2 Å². The first-order valence-electron chi connectivity index (χ1n) is 8.16. The number of nitrogens with one attached hydrogen (secondary N) is 1. The van der Waals surface area contributed by atoms with Crippen LogP contribution in [0.25, 0.3) is 0 Å². The summed E-state index contributed by atoms with van der Waals surface area (Å²) in [6, 6.07) is 0.782. The van der Waals surface area contributed by atoms with E-state index in [1.165, 1.54) is 20.0 Å². The fourth-order valence-electron chi connectivity index (χ4n) is 3.18. The van der Waals surface area contributed by atoms with Crippen molar-refractivity contribution in [3.8, 4) is 0 Å². The molecule has 2 rings (SSSR count). The largest absolute Gasteiger partial charge is 0.468 e. The van der Waals surface area contributed by atoms with Crippen molar-refractivity contribution in [2.75, 3.05) is 33.9 Å². The molecular formula is C16H30N2O3. The molecule has 0 heterocycles. The van der Waals surface area contributed by atoms with Gasteiger partial charge in [-0.25, -0.2) is 4.79 Å². The second-order valence-corrected chi connectivity index (χ2v) is 6.52. The summed E-state index contributed by atoms with van der Waals surface area (Å²) in [5.41, 5.74) is -0.534. The topological polar surface area (TPSA) is 50.8 Å². The molecule has 0 amide bonds. The molecule has 0 saturated heterocycles. The zero-order valence-corrected chi connectivity index (χ0v) is 13.9. The highest BCUT2D eigenvalue weighted by molar-refractivity contribution is 5.82. The first-order valence-corrected chi connectivity index (χ1v) is 8.16. The van der Waals surface area contributed by atoms with Crippen LogP contribution in [0.4, 0.5) is 0 Å². The fraction of sp³-hybridized carbons (Fsp3) is 0.938. The molecule has 2 unspecified atom stereocenters. The Bertz CT molecular complexity index is 355. The van der Waals surface area contributed by atoms with Crippen LogP contribution >= 0.6 is 0 Å². The van der Waals surface area contributed by atoms with E-state index >= 15 is 0 Å². The number of esters is 1. The lowest BCUT2D eigenvalue weighted by molar-refractivity contribution is -0.151. The van der Waals surface area contributed by atoms with Crippen LogP contribution in [-0.2, 0) is 14.3 Å². The third-order valence-corrected chi connectivity index (χ3v) is 4.75. The molecular weight excluding hydrogens is 268 g/mol. The minimum Gasteiger partial charge on any atom is -0.468 e. The molecule has 5 nitrogen and oxygen atoms in total. The molecule has 5 heteroatoms. The summed E-state index contributed by atoms with van der Waals surface area (Å²) in [5, 5.41) is 3.62. The number of hydrogen-bond acceptors (Lipinski definition) is 5. The summed E-state index contributed by atoms with van der Waals surface area (Å²) in [6.45, 7) is 6.58. The van der Waals surface area contributed by atoms with Crippen molar-refractivity contribution in [2.45, 2.75) is 57.2 Å². The van der Waals surface area contributed by atoms with Crippen molar-refractivity contribution in [3.63, 3.8) is 0 Å². The highest BCUT2D eigenvalue weighted by Gasteiger charge is 2.54. The van der Waals surface area contributed by atoms with E-state index in [-0.39, 0.29) is 5.97 Å². The van der Waals surface area contributed by atoms with E-state index in [9.17, 15) is 4.79 Å². The molecule has 21 heavy (non-hydrogen) atoms. The van der Waals surface area contributed by atoms with Gasteiger partial charge in [0.15, 0.2) is 0 Å². The Morgan fingerprint density at radius 3 is 2.43 bits per heavy atom. The molecule has 0 spiro atoms. The maximum absolute atomic E-state index is 12.6. The highest BCUT2D eigenvalue weighted by Crippen LogP contribution is 2.43. The summed E-state index contributed by atoms with van der Waals surface area (Å²) in [6.07, 6.45) is 4.58. The minimum atomic E-state index is -0.534. The zero-order chi connectivity index (χ0) is 15.5. The van der Waals surface area contributed by atoms with Gasteiger partial charge in [0.1, 0.15) is 5.54 Å². The van der Waals surface area contributed by atoms with Gasteiger partial charge in [-0.1, -0.05) is 6.92 Å². The summed E-state index contributed by atoms with van der Waals surface area (Å²) < 4.78 is 10.5. The lowest BCUT2D eigenvalue weighted by atomic mass is 9.91. The lowest BCUT2D eigenvalue weighted by Gasteiger charge is -2.39. The van der Waals surface area contributed by atoms with E-state index in [2.05, 4.69) is 24.1 Å². The van der Waals surface area contributed by atoms with Crippen LogP contribution in [0.3, 0.4) is 0 Å². The Morgan fingerprint density at radius 2 is 2.00 bits per heavy atom. The normalized spacial score (nSPS) is 22.9. The number of nitrogens with zero attached hydrogens (tertiary/aromatic N) is 1. The minimum absolute atomic E-state index is 0.0973. The van der Waals surface area contributed by atoms with E-state index < -0.39 is 5.54 Å². The maximum atomic E-state index is 12.6.